The summed E-state index contributed by atoms with van der Waals surface area (Å²) in [7, 11) is 2.01. The van der Waals surface area contributed by atoms with E-state index in [1.807, 2.05) is 48.3 Å². The fourth-order valence-corrected chi connectivity index (χ4v) is 3.48. The lowest BCUT2D eigenvalue weighted by Gasteiger charge is -2.27. The van der Waals surface area contributed by atoms with Gasteiger partial charge in [0.25, 0.3) is 5.91 Å². The Morgan fingerprint density at radius 2 is 2.15 bits per heavy atom. The minimum absolute atomic E-state index is 0.0655. The molecule has 1 unspecified atom stereocenters. The van der Waals surface area contributed by atoms with Gasteiger partial charge in [-0.2, -0.15) is 5.26 Å². The topological polar surface area (TPSA) is 73.1 Å². The van der Waals surface area contributed by atoms with E-state index in [0.717, 1.165) is 17.5 Å². The van der Waals surface area contributed by atoms with Crippen LogP contribution in [0.15, 0.2) is 54.7 Å². The Kier molecular flexibility index (Phi) is 4.43. The zero-order chi connectivity index (χ0) is 18.8. The maximum absolute atomic E-state index is 12.9. The zero-order valence-electron chi connectivity index (χ0n) is 15.0. The van der Waals surface area contributed by atoms with Gasteiger partial charge in [-0.1, -0.05) is 6.07 Å². The van der Waals surface area contributed by atoms with Gasteiger partial charge in [0.2, 0.25) is 0 Å². The molecule has 3 aromatic rings. The maximum atomic E-state index is 12.9. The molecule has 3 heterocycles. The molecule has 6 heteroatoms. The molecule has 0 bridgehead atoms. The number of rotatable bonds is 3. The van der Waals surface area contributed by atoms with Crippen LogP contribution in [-0.2, 0) is 0 Å². The van der Waals surface area contributed by atoms with Crippen LogP contribution in [0.25, 0.3) is 11.0 Å². The zero-order valence-corrected chi connectivity index (χ0v) is 15.0. The molecule has 4 rings (SSSR count). The number of carbonyl (C=O) groups excluding carboxylic acids is 1. The quantitative estimate of drug-likeness (QED) is 0.721. The Morgan fingerprint density at radius 1 is 1.26 bits per heavy atom. The maximum Gasteiger partial charge on any atom is 0.272 e. The number of likely N-dealkylation sites (tertiary alicyclic amines) is 1. The van der Waals surface area contributed by atoms with E-state index in [4.69, 9.17) is 5.26 Å². The van der Waals surface area contributed by atoms with Crippen LogP contribution in [0.3, 0.4) is 0 Å². The average Bonchev–Trinajstić information content (AvgIpc) is 3.22. The van der Waals surface area contributed by atoms with Gasteiger partial charge in [-0.3, -0.25) is 4.79 Å². The number of fused-ring (bicyclic) bond motifs is 1. The summed E-state index contributed by atoms with van der Waals surface area (Å²) in [5.74, 6) is -0.0655. The highest BCUT2D eigenvalue weighted by molar-refractivity contribution is 5.94. The second-order valence-electron chi connectivity index (χ2n) is 6.71. The molecule has 1 aliphatic heterocycles. The van der Waals surface area contributed by atoms with Crippen molar-refractivity contribution >= 4 is 22.6 Å². The van der Waals surface area contributed by atoms with Gasteiger partial charge in [0.05, 0.1) is 11.6 Å². The normalized spacial score (nSPS) is 16.3. The van der Waals surface area contributed by atoms with Gasteiger partial charge in [0.15, 0.2) is 5.65 Å². The lowest BCUT2D eigenvalue weighted by molar-refractivity contribution is 0.0785. The van der Waals surface area contributed by atoms with Gasteiger partial charge >= 0.3 is 0 Å². The van der Waals surface area contributed by atoms with E-state index >= 15 is 0 Å². The number of aromatic nitrogens is 2. The largest absolute Gasteiger partial charge is 0.370 e. The summed E-state index contributed by atoms with van der Waals surface area (Å²) >= 11 is 0. The molecule has 134 valence electrons. The number of nitriles is 1. The van der Waals surface area contributed by atoms with Crippen molar-refractivity contribution in [1.82, 2.24) is 14.9 Å². The summed E-state index contributed by atoms with van der Waals surface area (Å²) in [5.41, 5.74) is 2.64. The highest BCUT2D eigenvalue weighted by Crippen LogP contribution is 2.23. The standard InChI is InChI=1S/C21H19N5O/c1-25(17-6-2-4-15(12-17)13-22)18-9-11-26(14-18)21(27)19-8-7-16-5-3-10-23-20(16)24-19/h2-8,10,12,18H,9,11,14H2,1H3. The smallest absolute Gasteiger partial charge is 0.272 e. The van der Waals surface area contributed by atoms with E-state index in [2.05, 4.69) is 20.9 Å². The first-order valence-electron chi connectivity index (χ1n) is 8.90. The van der Waals surface area contributed by atoms with Crippen LogP contribution in [-0.4, -0.2) is 47.0 Å². The van der Waals surface area contributed by atoms with E-state index in [9.17, 15) is 4.79 Å². The molecule has 0 saturated carbocycles. The Hall–Kier alpha value is -3.46. The summed E-state index contributed by atoms with van der Waals surface area (Å²) in [6, 6.07) is 17.4. The molecule has 1 atom stereocenters. The second kappa shape index (κ2) is 7.04. The van der Waals surface area contributed by atoms with Crippen molar-refractivity contribution in [1.29, 1.82) is 5.26 Å². The molecule has 1 amide bonds. The summed E-state index contributed by atoms with van der Waals surface area (Å²) in [6.07, 6.45) is 2.56. The minimum Gasteiger partial charge on any atom is -0.370 e. The highest BCUT2D eigenvalue weighted by atomic mass is 16.2. The molecular weight excluding hydrogens is 338 g/mol. The van der Waals surface area contributed by atoms with Gasteiger partial charge in [-0.25, -0.2) is 9.97 Å². The Labute approximate surface area is 157 Å². The number of pyridine rings is 2. The molecule has 0 N–H and O–H groups in total. The Bertz CT molecular complexity index is 1040. The lowest BCUT2D eigenvalue weighted by Crippen LogP contribution is -2.36. The van der Waals surface area contributed by atoms with Crippen molar-refractivity contribution in [2.45, 2.75) is 12.5 Å². The van der Waals surface area contributed by atoms with Gasteiger partial charge in [0.1, 0.15) is 5.69 Å². The van der Waals surface area contributed by atoms with Crippen molar-refractivity contribution in [2.24, 2.45) is 0 Å². The number of benzene rings is 1. The number of anilines is 1. The first kappa shape index (κ1) is 17.0. The van der Waals surface area contributed by atoms with Crippen molar-refractivity contribution in [3.63, 3.8) is 0 Å². The third-order valence-electron chi connectivity index (χ3n) is 5.06. The third kappa shape index (κ3) is 3.32. The fourth-order valence-electron chi connectivity index (χ4n) is 3.48. The molecule has 1 aliphatic rings. The van der Waals surface area contributed by atoms with Gasteiger partial charge in [0, 0.05) is 43.4 Å². The first-order chi connectivity index (χ1) is 13.2. The molecule has 6 nitrogen and oxygen atoms in total. The van der Waals surface area contributed by atoms with Gasteiger partial charge < -0.3 is 9.80 Å². The molecule has 1 saturated heterocycles. The molecule has 1 aromatic carbocycles. The van der Waals surface area contributed by atoms with Gasteiger partial charge in [-0.15, -0.1) is 0 Å². The summed E-state index contributed by atoms with van der Waals surface area (Å²) in [4.78, 5) is 25.5. The van der Waals surface area contributed by atoms with Crippen LogP contribution in [0.5, 0.6) is 0 Å². The number of amides is 1. The Morgan fingerprint density at radius 3 is 3.00 bits per heavy atom. The van der Waals surface area contributed by atoms with Crippen molar-refractivity contribution in [3.8, 4) is 6.07 Å². The average molecular weight is 357 g/mol. The second-order valence-corrected chi connectivity index (χ2v) is 6.71. The molecule has 0 aliphatic carbocycles. The highest BCUT2D eigenvalue weighted by Gasteiger charge is 2.30. The predicted molar refractivity (Wildman–Crippen MR) is 103 cm³/mol. The number of hydrogen-bond acceptors (Lipinski definition) is 5. The lowest BCUT2D eigenvalue weighted by atomic mass is 10.1. The molecule has 1 fully saturated rings. The number of nitrogens with zero attached hydrogens (tertiary/aromatic N) is 5. The monoisotopic (exact) mass is 357 g/mol. The molecule has 27 heavy (non-hydrogen) atoms. The summed E-state index contributed by atoms with van der Waals surface area (Å²) < 4.78 is 0. The molecule has 2 aromatic heterocycles. The van der Waals surface area contributed by atoms with E-state index < -0.39 is 0 Å². The number of likely N-dealkylation sites (N-methyl/N-ethyl adjacent to an activating group) is 1. The van der Waals surface area contributed by atoms with Crippen LogP contribution in [0.4, 0.5) is 5.69 Å². The molecule has 0 spiro atoms. The van der Waals surface area contributed by atoms with Crippen molar-refractivity contribution in [3.05, 3.63) is 66.0 Å². The Balaban J connectivity index is 1.49. The molecular formula is C21H19N5O. The van der Waals surface area contributed by atoms with Crippen molar-refractivity contribution < 1.29 is 4.79 Å². The van der Waals surface area contributed by atoms with Crippen LogP contribution < -0.4 is 4.90 Å². The fraction of sp³-hybridized carbons (Fsp3) is 0.238. The van der Waals surface area contributed by atoms with Gasteiger partial charge in [-0.05, 0) is 48.9 Å². The first-order valence-corrected chi connectivity index (χ1v) is 8.90. The van der Waals surface area contributed by atoms with E-state index in [1.165, 1.54) is 0 Å². The van der Waals surface area contributed by atoms with Crippen LogP contribution >= 0.6 is 0 Å². The van der Waals surface area contributed by atoms with Crippen LogP contribution in [0, 0.1) is 11.3 Å². The number of hydrogen-bond donors (Lipinski definition) is 0. The van der Waals surface area contributed by atoms with Crippen molar-refractivity contribution in [2.75, 3.05) is 25.0 Å². The predicted octanol–water partition coefficient (Wildman–Crippen LogP) is 2.85. The van der Waals surface area contributed by atoms with E-state index in [-0.39, 0.29) is 11.9 Å². The summed E-state index contributed by atoms with van der Waals surface area (Å²) in [5, 5.41) is 10.0. The SMILES string of the molecule is CN(c1cccc(C#N)c1)C1CCN(C(=O)c2ccc3cccnc3n2)C1. The minimum atomic E-state index is -0.0655. The van der Waals surface area contributed by atoms with E-state index in [0.29, 0.717) is 30.0 Å². The third-order valence-corrected chi connectivity index (χ3v) is 5.06. The summed E-state index contributed by atoms with van der Waals surface area (Å²) in [6.45, 7) is 1.32. The van der Waals surface area contributed by atoms with Crippen LogP contribution in [0.1, 0.15) is 22.5 Å². The van der Waals surface area contributed by atoms with E-state index in [1.54, 1.807) is 18.3 Å². The van der Waals surface area contributed by atoms with Crippen LogP contribution in [0.2, 0.25) is 0 Å². The number of carbonyl (C=O) groups is 1. The molecule has 0 radical (unpaired) electrons.